The molecule has 0 atom stereocenters. The Hall–Kier alpha value is -0.680. The SMILES string of the molecule is CC(C)S(=O)(=O)c1ccc(C(=O)Br)cc1. The predicted octanol–water partition coefficient (Wildman–Crippen LogP) is 2.40. The Morgan fingerprint density at radius 2 is 1.67 bits per heavy atom. The van der Waals surface area contributed by atoms with Crippen LogP contribution in [0.3, 0.4) is 0 Å². The first-order chi connectivity index (χ1) is 6.85. The first-order valence-corrected chi connectivity index (χ1v) is 6.73. The van der Waals surface area contributed by atoms with Crippen molar-refractivity contribution in [2.24, 2.45) is 0 Å². The third-order valence-electron chi connectivity index (χ3n) is 2.03. The molecule has 1 aromatic rings. The molecule has 0 aliphatic rings. The molecule has 3 nitrogen and oxygen atoms in total. The monoisotopic (exact) mass is 290 g/mol. The third kappa shape index (κ3) is 2.66. The smallest absolute Gasteiger partial charge is 0.228 e. The summed E-state index contributed by atoms with van der Waals surface area (Å²) >= 11 is 2.80. The van der Waals surface area contributed by atoms with Crippen LogP contribution in [-0.4, -0.2) is 18.4 Å². The van der Waals surface area contributed by atoms with Crippen molar-refractivity contribution in [2.75, 3.05) is 0 Å². The number of carbonyl (C=O) groups is 1. The summed E-state index contributed by atoms with van der Waals surface area (Å²) < 4.78 is 23.2. The number of hydrogen-bond donors (Lipinski definition) is 0. The maximum Gasteiger partial charge on any atom is 0.228 e. The van der Waals surface area contributed by atoms with Gasteiger partial charge in [0.25, 0.3) is 0 Å². The second-order valence-corrected chi connectivity index (χ2v) is 6.62. The number of halogens is 1. The molecule has 0 aliphatic heterocycles. The van der Waals surface area contributed by atoms with E-state index < -0.39 is 15.1 Å². The Bertz CT molecular complexity index is 460. The number of carbonyl (C=O) groups excluding carboxylic acids is 1. The van der Waals surface area contributed by atoms with Crippen molar-refractivity contribution in [1.82, 2.24) is 0 Å². The summed E-state index contributed by atoms with van der Waals surface area (Å²) in [6.45, 7) is 3.25. The Kier molecular flexibility index (Phi) is 3.67. The summed E-state index contributed by atoms with van der Waals surface area (Å²) in [6.07, 6.45) is 0. The van der Waals surface area contributed by atoms with Crippen LogP contribution >= 0.6 is 15.9 Å². The Balaban J connectivity index is 3.15. The maximum atomic E-state index is 11.7. The van der Waals surface area contributed by atoms with Crippen molar-refractivity contribution in [3.8, 4) is 0 Å². The van der Waals surface area contributed by atoms with Gasteiger partial charge in [0.05, 0.1) is 10.1 Å². The minimum atomic E-state index is -3.25. The van der Waals surface area contributed by atoms with Crippen LogP contribution in [0.1, 0.15) is 24.2 Å². The van der Waals surface area contributed by atoms with E-state index in [-0.39, 0.29) is 9.59 Å². The van der Waals surface area contributed by atoms with Gasteiger partial charge in [-0.3, -0.25) is 4.79 Å². The van der Waals surface area contributed by atoms with Gasteiger partial charge in [-0.05, 0) is 54.0 Å². The molecule has 1 aromatic carbocycles. The lowest BCUT2D eigenvalue weighted by Crippen LogP contribution is -2.13. The van der Waals surface area contributed by atoms with Crippen LogP contribution in [0.4, 0.5) is 0 Å². The van der Waals surface area contributed by atoms with E-state index in [1.807, 2.05) is 0 Å². The first-order valence-electron chi connectivity index (χ1n) is 4.39. The molecule has 0 radical (unpaired) electrons. The highest BCUT2D eigenvalue weighted by Crippen LogP contribution is 2.17. The molecule has 0 saturated carbocycles. The molecule has 0 N–H and O–H groups in total. The standard InChI is InChI=1S/C10H11BrO3S/c1-7(2)15(13,14)9-5-3-8(4-6-9)10(11)12/h3-7H,1-2H3. The van der Waals surface area contributed by atoms with Gasteiger partial charge in [0, 0.05) is 5.56 Å². The normalized spacial score (nSPS) is 11.7. The van der Waals surface area contributed by atoms with E-state index in [1.165, 1.54) is 24.3 Å². The Morgan fingerprint density at radius 1 is 1.20 bits per heavy atom. The lowest BCUT2D eigenvalue weighted by atomic mass is 10.2. The van der Waals surface area contributed by atoms with Crippen LogP contribution in [-0.2, 0) is 9.84 Å². The van der Waals surface area contributed by atoms with Crippen LogP contribution in [0.25, 0.3) is 0 Å². The molecule has 1 rings (SSSR count). The molecule has 0 spiro atoms. The lowest BCUT2D eigenvalue weighted by molar-refractivity contribution is 0.109. The topological polar surface area (TPSA) is 51.2 Å². The molecule has 15 heavy (non-hydrogen) atoms. The van der Waals surface area contributed by atoms with Crippen molar-refractivity contribution in [3.63, 3.8) is 0 Å². The zero-order valence-electron chi connectivity index (χ0n) is 8.40. The third-order valence-corrected chi connectivity index (χ3v) is 4.66. The molecule has 0 saturated heterocycles. The highest BCUT2D eigenvalue weighted by Gasteiger charge is 2.18. The average Bonchev–Trinajstić information content (AvgIpc) is 2.17. The van der Waals surface area contributed by atoms with Crippen LogP contribution in [0.5, 0.6) is 0 Å². The van der Waals surface area contributed by atoms with Crippen LogP contribution in [0, 0.1) is 0 Å². The summed E-state index contributed by atoms with van der Waals surface area (Å²) in [6, 6.07) is 5.88. The van der Waals surface area contributed by atoms with Gasteiger partial charge in [-0.2, -0.15) is 0 Å². The first kappa shape index (κ1) is 12.4. The second kappa shape index (κ2) is 4.45. The quantitative estimate of drug-likeness (QED) is 0.804. The molecule has 0 amide bonds. The number of benzene rings is 1. The average molecular weight is 291 g/mol. The fourth-order valence-corrected chi connectivity index (χ4v) is 2.37. The number of sulfone groups is 1. The molecule has 5 heteroatoms. The molecule has 0 bridgehead atoms. The van der Waals surface area contributed by atoms with Gasteiger partial charge in [-0.15, -0.1) is 0 Å². The minimum absolute atomic E-state index is 0.245. The largest absolute Gasteiger partial charge is 0.281 e. The molecule has 0 aromatic heterocycles. The zero-order valence-corrected chi connectivity index (χ0v) is 10.8. The number of hydrogen-bond acceptors (Lipinski definition) is 3. The van der Waals surface area contributed by atoms with E-state index in [4.69, 9.17) is 0 Å². The van der Waals surface area contributed by atoms with E-state index in [2.05, 4.69) is 15.9 Å². The zero-order chi connectivity index (χ0) is 11.6. The minimum Gasteiger partial charge on any atom is -0.281 e. The van der Waals surface area contributed by atoms with E-state index in [0.29, 0.717) is 5.56 Å². The fraction of sp³-hybridized carbons (Fsp3) is 0.300. The lowest BCUT2D eigenvalue weighted by Gasteiger charge is -2.07. The molecule has 0 unspecified atom stereocenters. The molecular weight excluding hydrogens is 280 g/mol. The van der Waals surface area contributed by atoms with E-state index in [9.17, 15) is 13.2 Å². The Labute approximate surface area is 97.5 Å². The summed E-state index contributed by atoms with van der Waals surface area (Å²) in [5.41, 5.74) is 0.442. The maximum absolute atomic E-state index is 11.7. The highest BCUT2D eigenvalue weighted by molar-refractivity contribution is 9.18. The van der Waals surface area contributed by atoms with Gasteiger partial charge >= 0.3 is 0 Å². The van der Waals surface area contributed by atoms with Gasteiger partial charge in [-0.1, -0.05) is 0 Å². The van der Waals surface area contributed by atoms with E-state index in [1.54, 1.807) is 13.8 Å². The van der Waals surface area contributed by atoms with Gasteiger partial charge in [0.1, 0.15) is 0 Å². The van der Waals surface area contributed by atoms with Gasteiger partial charge in [0.2, 0.25) is 4.69 Å². The van der Waals surface area contributed by atoms with Crippen molar-refractivity contribution in [2.45, 2.75) is 24.0 Å². The highest BCUT2D eigenvalue weighted by atomic mass is 79.9. The molecule has 82 valence electrons. The van der Waals surface area contributed by atoms with Gasteiger partial charge in [-0.25, -0.2) is 8.42 Å². The number of rotatable bonds is 3. The summed E-state index contributed by atoms with van der Waals surface area (Å²) in [4.78, 5) is 11.2. The van der Waals surface area contributed by atoms with Crippen molar-refractivity contribution < 1.29 is 13.2 Å². The summed E-state index contributed by atoms with van der Waals surface area (Å²) in [5.74, 6) is 0. The molecule has 0 aliphatic carbocycles. The van der Waals surface area contributed by atoms with E-state index in [0.717, 1.165) is 0 Å². The fourth-order valence-electron chi connectivity index (χ4n) is 1.05. The van der Waals surface area contributed by atoms with Crippen LogP contribution in [0.15, 0.2) is 29.2 Å². The van der Waals surface area contributed by atoms with Gasteiger partial charge < -0.3 is 0 Å². The molecular formula is C10H11BrO3S. The van der Waals surface area contributed by atoms with Crippen molar-refractivity contribution >= 4 is 30.5 Å². The second-order valence-electron chi connectivity index (χ2n) is 3.39. The predicted molar refractivity (Wildman–Crippen MR) is 62.0 cm³/mol. The molecule has 0 fully saturated rings. The van der Waals surface area contributed by atoms with E-state index >= 15 is 0 Å². The summed E-state index contributed by atoms with van der Waals surface area (Å²) in [5, 5.41) is -0.456. The van der Waals surface area contributed by atoms with Gasteiger partial charge in [0.15, 0.2) is 9.84 Å². The summed E-state index contributed by atoms with van der Waals surface area (Å²) in [7, 11) is -3.25. The van der Waals surface area contributed by atoms with Crippen molar-refractivity contribution in [1.29, 1.82) is 0 Å². The van der Waals surface area contributed by atoms with Crippen molar-refractivity contribution in [3.05, 3.63) is 29.8 Å². The van der Waals surface area contributed by atoms with Crippen LogP contribution < -0.4 is 0 Å². The Morgan fingerprint density at radius 3 is 2.00 bits per heavy atom. The molecule has 0 heterocycles. The van der Waals surface area contributed by atoms with Crippen LogP contribution in [0.2, 0.25) is 0 Å².